The summed E-state index contributed by atoms with van der Waals surface area (Å²) in [6.45, 7) is 3.67. The highest BCUT2D eigenvalue weighted by Gasteiger charge is 2.28. The van der Waals surface area contributed by atoms with Gasteiger partial charge >= 0.3 is 5.97 Å². The molecular formula is C20H21N3O4S. The second-order valence-electron chi connectivity index (χ2n) is 6.46. The molecule has 0 N–H and O–H groups in total. The van der Waals surface area contributed by atoms with Gasteiger partial charge in [-0.1, -0.05) is 30.3 Å². The lowest BCUT2D eigenvalue weighted by Gasteiger charge is -2.22. The summed E-state index contributed by atoms with van der Waals surface area (Å²) in [5.74, 6) is -0.717. The molecular weight excluding hydrogens is 378 g/mol. The molecule has 146 valence electrons. The minimum absolute atomic E-state index is 0.243. The van der Waals surface area contributed by atoms with Crippen LogP contribution in [-0.4, -0.2) is 47.0 Å². The van der Waals surface area contributed by atoms with Gasteiger partial charge < -0.3 is 9.64 Å². The monoisotopic (exact) mass is 399 g/mol. The van der Waals surface area contributed by atoms with E-state index in [-0.39, 0.29) is 18.1 Å². The number of likely N-dealkylation sites (N-methyl/N-ethyl adjacent to an activating group) is 1. The molecule has 8 heteroatoms. The lowest BCUT2D eigenvalue weighted by atomic mass is 10.1. The van der Waals surface area contributed by atoms with Crippen molar-refractivity contribution in [3.63, 3.8) is 0 Å². The Morgan fingerprint density at radius 1 is 1.25 bits per heavy atom. The third-order valence-electron chi connectivity index (χ3n) is 4.40. The maximum absolute atomic E-state index is 13.3. The highest BCUT2D eigenvalue weighted by Crippen LogP contribution is 2.28. The fourth-order valence-corrected chi connectivity index (χ4v) is 4.05. The minimum Gasteiger partial charge on any atom is -0.462 e. The molecule has 1 aromatic carbocycles. The second-order valence-corrected chi connectivity index (χ2v) is 7.46. The number of ether oxygens (including phenoxy) is 1. The van der Waals surface area contributed by atoms with Crippen LogP contribution in [0.25, 0.3) is 10.2 Å². The Morgan fingerprint density at radius 3 is 2.54 bits per heavy atom. The van der Waals surface area contributed by atoms with E-state index in [1.807, 2.05) is 18.2 Å². The smallest absolute Gasteiger partial charge is 0.348 e. The molecule has 0 saturated heterocycles. The second kappa shape index (κ2) is 7.93. The number of esters is 1. The lowest BCUT2D eigenvalue weighted by Crippen LogP contribution is -2.37. The molecule has 0 unspecified atom stereocenters. The molecule has 1 amide bonds. The molecule has 0 aliphatic rings. The van der Waals surface area contributed by atoms with Crippen LogP contribution in [0.3, 0.4) is 0 Å². The van der Waals surface area contributed by atoms with Gasteiger partial charge in [0, 0.05) is 14.1 Å². The van der Waals surface area contributed by atoms with E-state index in [4.69, 9.17) is 4.74 Å². The van der Waals surface area contributed by atoms with Crippen LogP contribution in [0.2, 0.25) is 0 Å². The molecule has 0 fully saturated rings. The largest absolute Gasteiger partial charge is 0.462 e. The van der Waals surface area contributed by atoms with Gasteiger partial charge in [-0.05, 0) is 25.0 Å². The Balaban J connectivity index is 2.22. The molecule has 7 nitrogen and oxygen atoms in total. The summed E-state index contributed by atoms with van der Waals surface area (Å²) in [5.41, 5.74) is 0.843. The number of amides is 1. The Labute approximate surface area is 166 Å². The van der Waals surface area contributed by atoms with Crippen molar-refractivity contribution in [1.82, 2.24) is 14.5 Å². The van der Waals surface area contributed by atoms with Gasteiger partial charge in [-0.2, -0.15) is 0 Å². The van der Waals surface area contributed by atoms with Crippen LogP contribution in [-0.2, 0) is 9.53 Å². The zero-order chi connectivity index (χ0) is 20.4. The van der Waals surface area contributed by atoms with E-state index >= 15 is 0 Å². The van der Waals surface area contributed by atoms with Crippen molar-refractivity contribution in [1.29, 1.82) is 0 Å². The van der Waals surface area contributed by atoms with Crippen LogP contribution < -0.4 is 5.56 Å². The molecule has 3 aromatic rings. The fraction of sp³-hybridized carbons (Fsp3) is 0.300. The number of aromatic nitrogens is 2. The van der Waals surface area contributed by atoms with Crippen molar-refractivity contribution in [3.05, 3.63) is 63.0 Å². The van der Waals surface area contributed by atoms with Gasteiger partial charge in [0.2, 0.25) is 5.91 Å². The molecule has 0 spiro atoms. The number of hydrogen-bond acceptors (Lipinski definition) is 6. The summed E-state index contributed by atoms with van der Waals surface area (Å²) >= 11 is 1.12. The van der Waals surface area contributed by atoms with E-state index in [0.717, 1.165) is 11.3 Å². The van der Waals surface area contributed by atoms with Crippen LogP contribution in [0.5, 0.6) is 0 Å². The molecule has 28 heavy (non-hydrogen) atoms. The van der Waals surface area contributed by atoms with Gasteiger partial charge in [-0.15, -0.1) is 11.3 Å². The van der Waals surface area contributed by atoms with E-state index in [1.165, 1.54) is 15.8 Å². The average molecular weight is 399 g/mol. The SMILES string of the molecule is CCOC(=O)c1sc2ncn([C@H](C(=O)N(C)C)c3ccccc3)c(=O)c2c1C. The Bertz CT molecular complexity index is 1090. The lowest BCUT2D eigenvalue weighted by molar-refractivity contribution is -0.131. The van der Waals surface area contributed by atoms with Crippen molar-refractivity contribution in [2.75, 3.05) is 20.7 Å². The van der Waals surface area contributed by atoms with Gasteiger partial charge in [0.15, 0.2) is 0 Å². The molecule has 0 aliphatic heterocycles. The van der Waals surface area contributed by atoms with E-state index in [0.29, 0.717) is 26.2 Å². The average Bonchev–Trinajstić information content (AvgIpc) is 3.02. The van der Waals surface area contributed by atoms with Gasteiger partial charge in [0.05, 0.1) is 12.0 Å². The van der Waals surface area contributed by atoms with Gasteiger partial charge in [0.1, 0.15) is 22.1 Å². The molecule has 0 radical (unpaired) electrons. The summed E-state index contributed by atoms with van der Waals surface area (Å²) < 4.78 is 6.40. The summed E-state index contributed by atoms with van der Waals surface area (Å²) in [5, 5.41) is 0.336. The Morgan fingerprint density at radius 2 is 1.93 bits per heavy atom. The normalized spacial score (nSPS) is 12.0. The number of rotatable bonds is 5. The zero-order valence-corrected chi connectivity index (χ0v) is 16.9. The van der Waals surface area contributed by atoms with Crippen molar-refractivity contribution in [2.45, 2.75) is 19.9 Å². The van der Waals surface area contributed by atoms with Gasteiger partial charge in [-0.3, -0.25) is 14.2 Å². The number of fused-ring (bicyclic) bond motifs is 1. The number of hydrogen-bond donors (Lipinski definition) is 0. The molecule has 0 bridgehead atoms. The molecule has 1 atom stereocenters. The van der Waals surface area contributed by atoms with Gasteiger partial charge in [0.25, 0.3) is 5.56 Å². The standard InChI is InChI=1S/C20H21N3O4S/c1-5-27-20(26)16-12(2)14-17(28-16)21-11-23(18(14)24)15(19(25)22(3)4)13-9-7-6-8-10-13/h6-11,15H,5H2,1-4H3/t15-/m0/s1. The summed E-state index contributed by atoms with van der Waals surface area (Å²) in [6.07, 6.45) is 1.37. The van der Waals surface area contributed by atoms with Crippen LogP contribution in [0, 0.1) is 6.92 Å². The van der Waals surface area contributed by atoms with E-state index in [9.17, 15) is 14.4 Å². The zero-order valence-electron chi connectivity index (χ0n) is 16.1. The highest BCUT2D eigenvalue weighted by atomic mass is 32.1. The van der Waals surface area contributed by atoms with Crippen molar-refractivity contribution in [2.24, 2.45) is 0 Å². The Hall–Kier alpha value is -3.00. The number of carbonyl (C=O) groups is 2. The number of carbonyl (C=O) groups excluding carboxylic acids is 2. The molecule has 3 rings (SSSR count). The van der Waals surface area contributed by atoms with Crippen LogP contribution in [0.15, 0.2) is 41.5 Å². The third kappa shape index (κ3) is 3.43. The molecule has 0 aliphatic carbocycles. The third-order valence-corrected chi connectivity index (χ3v) is 5.58. The molecule has 0 saturated carbocycles. The first kappa shape index (κ1) is 19.8. The topological polar surface area (TPSA) is 81.5 Å². The first-order valence-electron chi connectivity index (χ1n) is 8.80. The maximum Gasteiger partial charge on any atom is 0.348 e. The number of thiophene rings is 1. The predicted molar refractivity (Wildman–Crippen MR) is 108 cm³/mol. The van der Waals surface area contributed by atoms with E-state index in [1.54, 1.807) is 40.1 Å². The van der Waals surface area contributed by atoms with Crippen molar-refractivity contribution >= 4 is 33.4 Å². The van der Waals surface area contributed by atoms with E-state index in [2.05, 4.69) is 4.98 Å². The number of benzene rings is 1. The fourth-order valence-electron chi connectivity index (χ4n) is 3.01. The highest BCUT2D eigenvalue weighted by molar-refractivity contribution is 7.20. The quantitative estimate of drug-likeness (QED) is 0.616. The summed E-state index contributed by atoms with van der Waals surface area (Å²) in [6, 6.07) is 8.24. The van der Waals surface area contributed by atoms with E-state index < -0.39 is 12.0 Å². The number of nitrogens with zero attached hydrogens (tertiary/aromatic N) is 3. The first-order valence-corrected chi connectivity index (χ1v) is 9.61. The van der Waals surface area contributed by atoms with Crippen molar-refractivity contribution in [3.8, 4) is 0 Å². The van der Waals surface area contributed by atoms with Crippen molar-refractivity contribution < 1.29 is 14.3 Å². The minimum atomic E-state index is -0.842. The van der Waals surface area contributed by atoms with Crippen LogP contribution in [0.4, 0.5) is 0 Å². The number of aryl methyl sites for hydroxylation is 1. The maximum atomic E-state index is 13.3. The predicted octanol–water partition coefficient (Wildman–Crippen LogP) is 2.62. The van der Waals surface area contributed by atoms with Crippen LogP contribution >= 0.6 is 11.3 Å². The molecule has 2 heterocycles. The first-order chi connectivity index (χ1) is 13.4. The Kier molecular flexibility index (Phi) is 5.60. The summed E-state index contributed by atoms with van der Waals surface area (Å²) in [4.78, 5) is 45.0. The summed E-state index contributed by atoms with van der Waals surface area (Å²) in [7, 11) is 3.29. The van der Waals surface area contributed by atoms with Gasteiger partial charge in [-0.25, -0.2) is 9.78 Å². The van der Waals surface area contributed by atoms with Crippen LogP contribution in [0.1, 0.15) is 33.8 Å². The molecule has 2 aromatic heterocycles.